The van der Waals surface area contributed by atoms with Gasteiger partial charge in [0.25, 0.3) is 0 Å². The molecule has 2 saturated heterocycles. The molecule has 2 rings (SSSR count). The lowest BCUT2D eigenvalue weighted by Crippen LogP contribution is -2.65. The van der Waals surface area contributed by atoms with E-state index >= 15 is 0 Å². The first-order chi connectivity index (χ1) is 34.1. The molecule has 0 spiro atoms. The number of unbranched alkanes of at least 4 members (excludes halogenated alkanes) is 31. The zero-order valence-electron chi connectivity index (χ0n) is 44.3. The summed E-state index contributed by atoms with van der Waals surface area (Å²) >= 11 is 0. The average molecular weight is 1000 g/mol. The molecule has 0 aromatic carbocycles. The number of rotatable bonds is 46. The average Bonchev–Trinajstić information content (AvgIpc) is 3.36. The maximum Gasteiger partial charge on any atom is 0.220 e. The SMILES string of the molecule is CCCCCC/C=C\CCCCCCCC(=O)NC(COC1OC(CO)C(OC2OC(CO)C(O)C(O)C2O)C(O)C1O)C(O)CCCCCCCCCCCCCCCCCCCCCCCCC. The molecule has 9 N–H and O–H groups in total. The summed E-state index contributed by atoms with van der Waals surface area (Å²) in [6, 6.07) is -0.829. The van der Waals surface area contributed by atoms with Crippen molar-refractivity contribution in [2.75, 3.05) is 19.8 Å². The van der Waals surface area contributed by atoms with Gasteiger partial charge in [0.1, 0.15) is 48.8 Å². The van der Waals surface area contributed by atoms with E-state index in [2.05, 4.69) is 31.3 Å². The standard InChI is InChI=1S/C56H107NO13/c1-3-5-7-9-11-13-15-17-18-19-20-21-22-23-24-25-26-28-29-31-33-35-37-39-45(60)44(57-48(61)40-38-36-34-32-30-27-16-14-12-10-8-6-4-2)43-67-55-53(66)51(64)54(47(42-59)69-55)70-56-52(65)50(63)49(62)46(41-58)68-56/h14,16,44-47,49-56,58-60,62-66H,3-13,15,17-43H2,1-2H3,(H,57,61)/b16-14-. The minimum Gasteiger partial charge on any atom is -0.394 e. The molecular formula is C56H107NO13. The Bertz CT molecular complexity index is 1230. The van der Waals surface area contributed by atoms with Gasteiger partial charge in [0.15, 0.2) is 12.6 Å². The van der Waals surface area contributed by atoms with Crippen LogP contribution in [0.5, 0.6) is 0 Å². The highest BCUT2D eigenvalue weighted by atomic mass is 16.7. The van der Waals surface area contributed by atoms with Gasteiger partial charge in [-0.15, -0.1) is 0 Å². The van der Waals surface area contributed by atoms with Gasteiger partial charge >= 0.3 is 0 Å². The third-order valence-corrected chi connectivity index (χ3v) is 14.5. The fourth-order valence-corrected chi connectivity index (χ4v) is 9.76. The van der Waals surface area contributed by atoms with E-state index in [0.717, 1.165) is 64.2 Å². The molecule has 0 aromatic heterocycles. The van der Waals surface area contributed by atoms with Gasteiger partial charge < -0.3 is 65.1 Å². The minimum absolute atomic E-state index is 0.214. The van der Waals surface area contributed by atoms with Gasteiger partial charge in [-0.2, -0.15) is 0 Å². The number of hydrogen-bond donors (Lipinski definition) is 9. The normalized spacial score (nSPS) is 26.0. The predicted molar refractivity (Wildman–Crippen MR) is 277 cm³/mol. The van der Waals surface area contributed by atoms with Crippen molar-refractivity contribution in [2.45, 2.75) is 319 Å². The van der Waals surface area contributed by atoms with Crippen LogP contribution in [-0.4, -0.2) is 140 Å². The Balaban J connectivity index is 1.74. The first-order valence-corrected chi connectivity index (χ1v) is 28.9. The number of amides is 1. The first kappa shape index (κ1) is 64.8. The number of carbonyl (C=O) groups is 1. The minimum atomic E-state index is -1.78. The van der Waals surface area contributed by atoms with Crippen LogP contribution >= 0.6 is 0 Å². The van der Waals surface area contributed by atoms with Crippen LogP contribution in [0.1, 0.15) is 245 Å². The molecule has 14 nitrogen and oxygen atoms in total. The van der Waals surface area contributed by atoms with Gasteiger partial charge in [0, 0.05) is 6.42 Å². The molecule has 2 aliphatic rings. The molecule has 2 fully saturated rings. The van der Waals surface area contributed by atoms with Crippen molar-refractivity contribution in [3.05, 3.63) is 12.2 Å². The summed E-state index contributed by atoms with van der Waals surface area (Å²) in [6.07, 6.45) is 30.7. The monoisotopic (exact) mass is 1000 g/mol. The quantitative estimate of drug-likeness (QED) is 0.0205. The zero-order valence-corrected chi connectivity index (χ0v) is 44.3. The van der Waals surface area contributed by atoms with E-state index in [1.807, 2.05) is 0 Å². The molecule has 14 heteroatoms. The van der Waals surface area contributed by atoms with Gasteiger partial charge in [-0.3, -0.25) is 4.79 Å². The second-order valence-corrected chi connectivity index (χ2v) is 20.8. The molecule has 0 aliphatic carbocycles. The largest absolute Gasteiger partial charge is 0.394 e. The molecule has 0 saturated carbocycles. The van der Waals surface area contributed by atoms with Crippen molar-refractivity contribution in [1.29, 1.82) is 0 Å². The van der Waals surface area contributed by atoms with Crippen molar-refractivity contribution in [2.24, 2.45) is 0 Å². The van der Waals surface area contributed by atoms with Crippen LogP contribution < -0.4 is 5.32 Å². The number of hydrogen-bond acceptors (Lipinski definition) is 13. The Hall–Kier alpha value is -1.27. The molecule has 1 amide bonds. The van der Waals surface area contributed by atoms with Crippen molar-refractivity contribution in [3.63, 3.8) is 0 Å². The van der Waals surface area contributed by atoms with E-state index in [1.165, 1.54) is 148 Å². The predicted octanol–water partition coefficient (Wildman–Crippen LogP) is 9.11. The molecule has 2 heterocycles. The topological polar surface area (TPSA) is 228 Å². The summed E-state index contributed by atoms with van der Waals surface area (Å²) in [5, 5.41) is 87.1. The van der Waals surface area contributed by atoms with Crippen LogP contribution in [0.3, 0.4) is 0 Å². The smallest absolute Gasteiger partial charge is 0.220 e. The first-order valence-electron chi connectivity index (χ1n) is 28.9. The van der Waals surface area contributed by atoms with E-state index in [4.69, 9.17) is 18.9 Å². The van der Waals surface area contributed by atoms with E-state index in [-0.39, 0.29) is 12.5 Å². The Morgan fingerprint density at radius 3 is 1.37 bits per heavy atom. The zero-order chi connectivity index (χ0) is 51.0. The van der Waals surface area contributed by atoms with Gasteiger partial charge in [-0.05, 0) is 38.5 Å². The van der Waals surface area contributed by atoms with Gasteiger partial charge in [0.05, 0.1) is 32.0 Å². The maximum absolute atomic E-state index is 13.2. The summed E-state index contributed by atoms with van der Waals surface area (Å²) < 4.78 is 22.8. The lowest BCUT2D eigenvalue weighted by molar-refractivity contribution is -0.359. The Labute approximate surface area is 425 Å². The second-order valence-electron chi connectivity index (χ2n) is 20.8. The number of ether oxygens (including phenoxy) is 4. The highest BCUT2D eigenvalue weighted by Gasteiger charge is 2.51. The Morgan fingerprint density at radius 1 is 0.500 bits per heavy atom. The molecule has 2 aliphatic heterocycles. The molecule has 12 unspecified atom stereocenters. The van der Waals surface area contributed by atoms with E-state index < -0.39 is 86.8 Å². The molecule has 70 heavy (non-hydrogen) atoms. The fourth-order valence-electron chi connectivity index (χ4n) is 9.76. The number of aliphatic hydroxyl groups excluding tert-OH is 8. The highest BCUT2D eigenvalue weighted by Crippen LogP contribution is 2.30. The van der Waals surface area contributed by atoms with Crippen LogP contribution in [0, 0.1) is 0 Å². The van der Waals surface area contributed by atoms with E-state index in [9.17, 15) is 45.6 Å². The molecule has 414 valence electrons. The molecule has 0 radical (unpaired) electrons. The summed E-state index contributed by atoms with van der Waals surface area (Å²) in [5.41, 5.74) is 0. The summed E-state index contributed by atoms with van der Waals surface area (Å²) in [6.45, 7) is 2.85. The summed E-state index contributed by atoms with van der Waals surface area (Å²) in [5.74, 6) is -0.214. The third-order valence-electron chi connectivity index (χ3n) is 14.5. The van der Waals surface area contributed by atoms with Crippen LogP contribution in [-0.2, 0) is 23.7 Å². The Morgan fingerprint density at radius 2 is 0.900 bits per heavy atom. The van der Waals surface area contributed by atoms with E-state index in [0.29, 0.717) is 19.3 Å². The summed E-state index contributed by atoms with van der Waals surface area (Å²) in [7, 11) is 0. The molecule has 0 aromatic rings. The van der Waals surface area contributed by atoms with Crippen molar-refractivity contribution in [3.8, 4) is 0 Å². The number of nitrogens with one attached hydrogen (secondary N) is 1. The van der Waals surface area contributed by atoms with E-state index in [1.54, 1.807) is 0 Å². The van der Waals surface area contributed by atoms with Crippen LogP contribution in [0.15, 0.2) is 12.2 Å². The molecular weight excluding hydrogens is 895 g/mol. The van der Waals surface area contributed by atoms with Gasteiger partial charge in [0.2, 0.25) is 5.91 Å². The maximum atomic E-state index is 13.2. The highest BCUT2D eigenvalue weighted by molar-refractivity contribution is 5.76. The second kappa shape index (κ2) is 43.0. The third kappa shape index (κ3) is 29.0. The lowest BCUT2D eigenvalue weighted by atomic mass is 9.97. The fraction of sp³-hybridized carbons (Fsp3) is 0.946. The Kier molecular flexibility index (Phi) is 39.9. The summed E-state index contributed by atoms with van der Waals surface area (Å²) in [4.78, 5) is 13.2. The van der Waals surface area contributed by atoms with Gasteiger partial charge in [-0.25, -0.2) is 0 Å². The van der Waals surface area contributed by atoms with Gasteiger partial charge in [-0.1, -0.05) is 212 Å². The van der Waals surface area contributed by atoms with Crippen molar-refractivity contribution >= 4 is 5.91 Å². The number of allylic oxidation sites excluding steroid dienone is 2. The number of aliphatic hydroxyl groups is 8. The molecule has 12 atom stereocenters. The van der Waals surface area contributed by atoms with Crippen molar-refractivity contribution < 1.29 is 64.6 Å². The lowest BCUT2D eigenvalue weighted by Gasteiger charge is -2.46. The van der Waals surface area contributed by atoms with Crippen molar-refractivity contribution in [1.82, 2.24) is 5.32 Å². The molecule has 0 bridgehead atoms. The number of carbonyl (C=O) groups excluding carboxylic acids is 1. The van der Waals surface area contributed by atoms with Crippen LogP contribution in [0.2, 0.25) is 0 Å². The van der Waals surface area contributed by atoms with Crippen LogP contribution in [0.25, 0.3) is 0 Å². The van der Waals surface area contributed by atoms with Crippen LogP contribution in [0.4, 0.5) is 0 Å².